The molecular weight excluding hydrogens is 604 g/mol. The van der Waals surface area contributed by atoms with Crippen molar-refractivity contribution in [1.82, 2.24) is 0 Å². The molecule has 16 nitrogen and oxygen atoms in total. The van der Waals surface area contributed by atoms with E-state index in [0.717, 1.165) is 0 Å². The quantitative estimate of drug-likeness (QED) is 0.144. The van der Waals surface area contributed by atoms with Crippen LogP contribution in [0.5, 0.6) is 23.0 Å². The average molecular weight is 637 g/mol. The van der Waals surface area contributed by atoms with E-state index in [2.05, 4.69) is 0 Å². The van der Waals surface area contributed by atoms with Crippen LogP contribution in [0.25, 0.3) is 22.1 Å². The summed E-state index contributed by atoms with van der Waals surface area (Å²) < 4.78 is 44.6. The number of aliphatic hydroxyl groups is 7. The summed E-state index contributed by atoms with van der Waals surface area (Å²) in [5, 5.41) is 71.3. The fraction of sp³-hybridized carbons (Fsp3) is 0.483. The lowest BCUT2D eigenvalue weighted by Crippen LogP contribution is -2.65. The van der Waals surface area contributed by atoms with Crippen molar-refractivity contribution in [2.75, 3.05) is 27.1 Å². The van der Waals surface area contributed by atoms with Crippen LogP contribution < -0.4 is 24.4 Å². The Morgan fingerprint density at radius 1 is 0.844 bits per heavy atom. The van der Waals surface area contributed by atoms with Crippen molar-refractivity contribution >= 4 is 11.0 Å². The predicted octanol–water partition coefficient (Wildman–Crippen LogP) is -1.80. The summed E-state index contributed by atoms with van der Waals surface area (Å²) in [4.78, 5) is 13.5. The third-order valence-corrected chi connectivity index (χ3v) is 7.94. The van der Waals surface area contributed by atoms with Gasteiger partial charge in [0.05, 0.1) is 25.9 Å². The molecule has 3 aromatic rings. The van der Waals surface area contributed by atoms with Crippen LogP contribution in [0.1, 0.15) is 0 Å². The second-order valence-electron chi connectivity index (χ2n) is 10.6. The van der Waals surface area contributed by atoms with Crippen molar-refractivity contribution in [3.63, 3.8) is 0 Å². The van der Waals surface area contributed by atoms with E-state index in [9.17, 15) is 40.5 Å². The molecule has 0 radical (unpaired) electrons. The van der Waals surface area contributed by atoms with Gasteiger partial charge in [-0.15, -0.1) is 0 Å². The maximum Gasteiger partial charge on any atom is 0.231 e. The van der Waals surface area contributed by atoms with E-state index in [4.69, 9.17) is 37.6 Å². The number of fused-ring (bicyclic) bond motifs is 2. The van der Waals surface area contributed by atoms with Gasteiger partial charge >= 0.3 is 0 Å². The average Bonchev–Trinajstić information content (AvgIpc) is 3.52. The van der Waals surface area contributed by atoms with Crippen LogP contribution in [0.2, 0.25) is 0 Å². The van der Waals surface area contributed by atoms with Gasteiger partial charge in [0.25, 0.3) is 0 Å². The van der Waals surface area contributed by atoms with Gasteiger partial charge in [0, 0.05) is 6.07 Å². The monoisotopic (exact) mass is 636 g/mol. The van der Waals surface area contributed by atoms with Gasteiger partial charge in [-0.05, 0) is 17.7 Å². The van der Waals surface area contributed by atoms with Gasteiger partial charge in [-0.1, -0.05) is 12.1 Å². The summed E-state index contributed by atoms with van der Waals surface area (Å²) in [6.45, 7) is -1.44. The highest BCUT2D eigenvalue weighted by molar-refractivity contribution is 5.91. The minimum Gasteiger partial charge on any atom is -0.492 e. The van der Waals surface area contributed by atoms with Crippen LogP contribution >= 0.6 is 0 Å². The molecule has 2 fully saturated rings. The summed E-state index contributed by atoms with van der Waals surface area (Å²) in [6.07, 6.45) is -14.6. The van der Waals surface area contributed by atoms with Crippen molar-refractivity contribution in [3.8, 4) is 34.1 Å². The number of rotatable bonds is 8. The molecule has 7 N–H and O–H groups in total. The Kier molecular flexibility index (Phi) is 8.86. The Bertz CT molecular complexity index is 1560. The van der Waals surface area contributed by atoms with Gasteiger partial charge in [0.15, 0.2) is 23.9 Å². The Balaban J connectivity index is 1.26. The van der Waals surface area contributed by atoms with E-state index >= 15 is 0 Å². The fourth-order valence-corrected chi connectivity index (χ4v) is 5.48. The molecule has 1 aromatic heterocycles. The van der Waals surface area contributed by atoms with Crippen LogP contribution in [0, 0.1) is 0 Å². The van der Waals surface area contributed by atoms with E-state index in [1.165, 1.54) is 25.5 Å². The Morgan fingerprint density at radius 3 is 2.18 bits per heavy atom. The van der Waals surface area contributed by atoms with Crippen LogP contribution in [0.4, 0.5) is 0 Å². The Labute approximate surface area is 254 Å². The fourth-order valence-electron chi connectivity index (χ4n) is 5.48. The zero-order valence-corrected chi connectivity index (χ0v) is 23.7. The number of benzene rings is 2. The zero-order chi connectivity index (χ0) is 32.0. The molecule has 4 heterocycles. The molecule has 0 saturated carbocycles. The minimum absolute atomic E-state index is 0.0291. The number of methoxy groups -OCH3 is 1. The van der Waals surface area contributed by atoms with Gasteiger partial charge < -0.3 is 73.3 Å². The number of aliphatic hydroxyl groups excluding tert-OH is 7. The van der Waals surface area contributed by atoms with Crippen molar-refractivity contribution < 1.29 is 73.3 Å². The number of ether oxygens (including phenoxy) is 7. The highest BCUT2D eigenvalue weighted by Gasteiger charge is 2.51. The van der Waals surface area contributed by atoms with E-state index in [0.29, 0.717) is 17.1 Å². The molecule has 0 aliphatic carbocycles. The molecule has 244 valence electrons. The molecule has 2 saturated heterocycles. The van der Waals surface area contributed by atoms with Crippen molar-refractivity contribution in [2.24, 2.45) is 0 Å². The molecule has 2 aromatic carbocycles. The first-order valence-electron chi connectivity index (χ1n) is 13.9. The molecule has 0 amide bonds. The van der Waals surface area contributed by atoms with Crippen LogP contribution in [-0.2, 0) is 14.2 Å². The van der Waals surface area contributed by atoms with E-state index in [1.807, 2.05) is 0 Å². The standard InChI is InChI=1S/C29H32O16/c1-38-26-18-14(6-15-25(26)41-10-40-15)39-9-13(19(18)32)11-2-4-12(5-3-11)42-29-27(23(36)21(34)17(8-31)44-29)45-28-24(37)22(35)20(33)16(7-30)43-28/h2-6,9,16-17,20-24,27-31,33-37H,7-8,10H2,1H3/t16-,17-,20-,21-,22+,23+,24-,27-,28+,29-/m1/s1. The van der Waals surface area contributed by atoms with Gasteiger partial charge in [-0.3, -0.25) is 4.79 Å². The largest absolute Gasteiger partial charge is 0.492 e. The second-order valence-corrected chi connectivity index (χ2v) is 10.6. The number of hydrogen-bond donors (Lipinski definition) is 7. The van der Waals surface area contributed by atoms with Gasteiger partial charge in [0.2, 0.25) is 24.3 Å². The van der Waals surface area contributed by atoms with E-state index in [-0.39, 0.29) is 34.8 Å². The molecule has 6 rings (SSSR count). The third kappa shape index (κ3) is 5.59. The summed E-state index contributed by atoms with van der Waals surface area (Å²) in [5.41, 5.74) is 0.485. The molecular formula is C29H32O16. The summed E-state index contributed by atoms with van der Waals surface area (Å²) in [5.74, 6) is 1.00. The molecule has 0 spiro atoms. The van der Waals surface area contributed by atoms with Crippen molar-refractivity contribution in [1.29, 1.82) is 0 Å². The second kappa shape index (κ2) is 12.7. The van der Waals surface area contributed by atoms with Gasteiger partial charge in [-0.25, -0.2) is 0 Å². The molecule has 3 aliphatic rings. The predicted molar refractivity (Wildman–Crippen MR) is 148 cm³/mol. The molecule has 3 aliphatic heterocycles. The van der Waals surface area contributed by atoms with Crippen molar-refractivity contribution in [3.05, 3.63) is 46.8 Å². The first kappa shape index (κ1) is 31.4. The van der Waals surface area contributed by atoms with Crippen LogP contribution in [0.15, 0.2) is 45.8 Å². The zero-order valence-electron chi connectivity index (χ0n) is 23.7. The van der Waals surface area contributed by atoms with E-state index < -0.39 is 80.1 Å². The number of hydrogen-bond acceptors (Lipinski definition) is 16. The maximum atomic E-state index is 13.5. The summed E-state index contributed by atoms with van der Waals surface area (Å²) in [6, 6.07) is 7.61. The van der Waals surface area contributed by atoms with Crippen LogP contribution in [-0.4, -0.2) is 124 Å². The third-order valence-electron chi connectivity index (χ3n) is 7.94. The Hall–Kier alpha value is -3.55. The first-order valence-corrected chi connectivity index (χ1v) is 13.9. The minimum atomic E-state index is -1.81. The normalized spacial score (nSPS) is 32.9. The van der Waals surface area contributed by atoms with Gasteiger partial charge in [-0.2, -0.15) is 0 Å². The van der Waals surface area contributed by atoms with Crippen molar-refractivity contribution in [2.45, 2.75) is 61.4 Å². The highest BCUT2D eigenvalue weighted by Crippen LogP contribution is 2.45. The maximum absolute atomic E-state index is 13.5. The smallest absolute Gasteiger partial charge is 0.231 e. The highest BCUT2D eigenvalue weighted by atomic mass is 16.8. The molecule has 45 heavy (non-hydrogen) atoms. The molecule has 0 bridgehead atoms. The lowest BCUT2D eigenvalue weighted by Gasteiger charge is -2.45. The SMILES string of the molecule is COc1c2c(cc3occ(-c4ccc(O[C@@H]5O[C@H](CO)[C@@H](O)[C@H](O)[C@H]5O[C@@H]5O[C@H](CO)[C@@H](O)[C@H](O)[C@H]5O)cc4)c(=O)c13)OCO2. The topological polar surface area (TPSA) is 236 Å². The molecule has 0 unspecified atom stereocenters. The molecule has 10 atom stereocenters. The lowest BCUT2D eigenvalue weighted by molar-refractivity contribution is -0.357. The summed E-state index contributed by atoms with van der Waals surface area (Å²) in [7, 11) is 1.40. The Morgan fingerprint density at radius 2 is 1.51 bits per heavy atom. The van der Waals surface area contributed by atoms with Crippen LogP contribution in [0.3, 0.4) is 0 Å². The first-order chi connectivity index (χ1) is 21.7. The van der Waals surface area contributed by atoms with E-state index in [1.54, 1.807) is 18.2 Å². The molecule has 16 heteroatoms. The van der Waals surface area contributed by atoms with Gasteiger partial charge in [0.1, 0.15) is 65.7 Å². The summed E-state index contributed by atoms with van der Waals surface area (Å²) >= 11 is 0. The lowest BCUT2D eigenvalue weighted by atomic mass is 9.97.